The Morgan fingerprint density at radius 3 is 2.56 bits per heavy atom. The predicted molar refractivity (Wildman–Crippen MR) is 124 cm³/mol. The lowest BCUT2D eigenvalue weighted by Crippen LogP contribution is -2.28. The summed E-state index contributed by atoms with van der Waals surface area (Å²) in [6.45, 7) is 2.22. The van der Waals surface area contributed by atoms with Crippen molar-refractivity contribution in [2.24, 2.45) is 0 Å². The Balaban J connectivity index is 1.68. The Kier molecular flexibility index (Phi) is 6.61. The van der Waals surface area contributed by atoms with Gasteiger partial charge < -0.3 is 5.32 Å². The number of halogens is 1. The molecule has 4 rings (SSSR count). The van der Waals surface area contributed by atoms with E-state index in [0.29, 0.717) is 34.8 Å². The van der Waals surface area contributed by atoms with Crippen LogP contribution in [0.25, 0.3) is 11.0 Å². The van der Waals surface area contributed by atoms with Gasteiger partial charge in [-0.3, -0.25) is 14.2 Å². The maximum absolute atomic E-state index is 13.2. The molecule has 1 amide bonds. The Labute approximate surface area is 188 Å². The van der Waals surface area contributed by atoms with Crippen LogP contribution in [0.3, 0.4) is 0 Å². The molecule has 0 aliphatic carbocycles. The SMILES string of the molecule is CCC(Sc1nc2ncccc2c(=O)n1Cc1ccccc1)C(=O)Nc1ccc(F)cc1. The molecule has 1 N–H and O–H groups in total. The molecule has 0 aliphatic rings. The molecule has 2 heterocycles. The lowest BCUT2D eigenvalue weighted by molar-refractivity contribution is -0.115. The average molecular weight is 449 g/mol. The summed E-state index contributed by atoms with van der Waals surface area (Å²) in [7, 11) is 0. The van der Waals surface area contributed by atoms with Crippen molar-refractivity contribution in [1.82, 2.24) is 14.5 Å². The lowest BCUT2D eigenvalue weighted by atomic mass is 10.2. The van der Waals surface area contributed by atoms with Gasteiger partial charge in [-0.2, -0.15) is 0 Å². The molecular weight excluding hydrogens is 427 g/mol. The van der Waals surface area contributed by atoms with E-state index in [9.17, 15) is 14.0 Å². The first-order valence-electron chi connectivity index (χ1n) is 10.2. The fraction of sp³-hybridized carbons (Fsp3) is 0.167. The molecule has 0 fully saturated rings. The second-order valence-electron chi connectivity index (χ2n) is 7.16. The number of thioether (sulfide) groups is 1. The molecule has 32 heavy (non-hydrogen) atoms. The van der Waals surface area contributed by atoms with Gasteiger partial charge in [0, 0.05) is 11.9 Å². The van der Waals surface area contributed by atoms with Crippen molar-refractivity contribution in [3.05, 3.63) is 94.7 Å². The van der Waals surface area contributed by atoms with Crippen molar-refractivity contribution in [2.75, 3.05) is 5.32 Å². The molecule has 0 saturated heterocycles. The molecule has 2 aromatic heterocycles. The third-order valence-electron chi connectivity index (χ3n) is 4.90. The summed E-state index contributed by atoms with van der Waals surface area (Å²) in [4.78, 5) is 35.0. The van der Waals surface area contributed by atoms with Crippen molar-refractivity contribution in [2.45, 2.75) is 30.3 Å². The van der Waals surface area contributed by atoms with Crippen LogP contribution in [0.1, 0.15) is 18.9 Å². The monoisotopic (exact) mass is 448 g/mol. The van der Waals surface area contributed by atoms with Crippen LogP contribution < -0.4 is 10.9 Å². The second-order valence-corrected chi connectivity index (χ2v) is 8.33. The van der Waals surface area contributed by atoms with Gasteiger partial charge in [0.25, 0.3) is 5.56 Å². The van der Waals surface area contributed by atoms with E-state index in [1.807, 2.05) is 37.3 Å². The standard InChI is InChI=1S/C24H21FN4O2S/c1-2-20(22(30)27-18-12-10-17(25)11-13-18)32-24-28-21-19(9-6-14-26-21)23(31)29(24)15-16-7-4-3-5-8-16/h3-14,20H,2,15H2,1H3,(H,27,30). The Hall–Kier alpha value is -3.52. The van der Waals surface area contributed by atoms with Gasteiger partial charge in [-0.15, -0.1) is 0 Å². The van der Waals surface area contributed by atoms with Crippen LogP contribution >= 0.6 is 11.8 Å². The van der Waals surface area contributed by atoms with E-state index in [1.54, 1.807) is 22.9 Å². The van der Waals surface area contributed by atoms with Gasteiger partial charge in [-0.1, -0.05) is 49.0 Å². The number of carbonyl (C=O) groups excluding carboxylic acids is 1. The number of nitrogens with one attached hydrogen (secondary N) is 1. The van der Waals surface area contributed by atoms with E-state index < -0.39 is 5.25 Å². The maximum atomic E-state index is 13.2. The molecule has 0 bridgehead atoms. The first-order valence-corrected chi connectivity index (χ1v) is 11.1. The van der Waals surface area contributed by atoms with Gasteiger partial charge in [-0.05, 0) is 48.4 Å². The zero-order chi connectivity index (χ0) is 22.5. The normalized spacial score (nSPS) is 11.9. The minimum atomic E-state index is -0.505. The van der Waals surface area contributed by atoms with Crippen molar-refractivity contribution in [3.8, 4) is 0 Å². The minimum absolute atomic E-state index is 0.205. The van der Waals surface area contributed by atoms with Gasteiger partial charge in [0.1, 0.15) is 5.82 Å². The number of hydrogen-bond donors (Lipinski definition) is 1. The third kappa shape index (κ3) is 4.86. The highest BCUT2D eigenvalue weighted by atomic mass is 32.2. The summed E-state index contributed by atoms with van der Waals surface area (Å²) in [5.74, 6) is -0.618. The number of pyridine rings is 1. The van der Waals surface area contributed by atoms with Crippen molar-refractivity contribution in [1.29, 1.82) is 0 Å². The molecule has 4 aromatic rings. The van der Waals surface area contributed by atoms with Crippen molar-refractivity contribution >= 4 is 34.4 Å². The lowest BCUT2D eigenvalue weighted by Gasteiger charge is -2.18. The van der Waals surface area contributed by atoms with E-state index >= 15 is 0 Å². The van der Waals surface area contributed by atoms with Crippen LogP contribution in [-0.2, 0) is 11.3 Å². The molecule has 1 atom stereocenters. The molecular formula is C24H21FN4O2S. The number of aromatic nitrogens is 3. The van der Waals surface area contributed by atoms with E-state index in [0.717, 1.165) is 5.56 Å². The van der Waals surface area contributed by atoms with E-state index in [4.69, 9.17) is 0 Å². The minimum Gasteiger partial charge on any atom is -0.325 e. The summed E-state index contributed by atoms with van der Waals surface area (Å²) in [5.41, 5.74) is 1.59. The van der Waals surface area contributed by atoms with Crippen molar-refractivity contribution < 1.29 is 9.18 Å². The van der Waals surface area contributed by atoms with Gasteiger partial charge in [0.2, 0.25) is 5.91 Å². The molecule has 0 aliphatic heterocycles. The Morgan fingerprint density at radius 1 is 1.09 bits per heavy atom. The first kappa shape index (κ1) is 21.7. The third-order valence-corrected chi connectivity index (χ3v) is 6.26. The highest BCUT2D eigenvalue weighted by Gasteiger charge is 2.22. The van der Waals surface area contributed by atoms with Gasteiger partial charge >= 0.3 is 0 Å². The molecule has 162 valence electrons. The van der Waals surface area contributed by atoms with E-state index in [-0.39, 0.29) is 17.3 Å². The molecule has 2 aromatic carbocycles. The number of nitrogens with zero attached hydrogens (tertiary/aromatic N) is 3. The summed E-state index contributed by atoms with van der Waals surface area (Å²) in [6.07, 6.45) is 2.10. The fourth-order valence-electron chi connectivity index (χ4n) is 3.24. The summed E-state index contributed by atoms with van der Waals surface area (Å²) in [6, 6.07) is 18.6. The number of hydrogen-bond acceptors (Lipinski definition) is 5. The smallest absolute Gasteiger partial charge is 0.263 e. The largest absolute Gasteiger partial charge is 0.325 e. The van der Waals surface area contributed by atoms with Crippen LogP contribution in [0.4, 0.5) is 10.1 Å². The van der Waals surface area contributed by atoms with Crippen LogP contribution in [0.5, 0.6) is 0 Å². The van der Waals surface area contributed by atoms with Crippen LogP contribution in [-0.4, -0.2) is 25.7 Å². The molecule has 0 spiro atoms. The fourth-order valence-corrected chi connectivity index (χ4v) is 4.24. The van der Waals surface area contributed by atoms with Crippen molar-refractivity contribution in [3.63, 3.8) is 0 Å². The summed E-state index contributed by atoms with van der Waals surface area (Å²) < 4.78 is 14.7. The first-order chi connectivity index (χ1) is 15.5. The van der Waals surface area contributed by atoms with Crippen LogP contribution in [0.15, 0.2) is 82.9 Å². The van der Waals surface area contributed by atoms with Gasteiger partial charge in [0.05, 0.1) is 17.2 Å². The number of anilines is 1. The Morgan fingerprint density at radius 2 is 1.84 bits per heavy atom. The molecule has 1 unspecified atom stereocenters. The number of fused-ring (bicyclic) bond motifs is 1. The van der Waals surface area contributed by atoms with E-state index in [2.05, 4.69) is 15.3 Å². The second kappa shape index (κ2) is 9.74. The van der Waals surface area contributed by atoms with Gasteiger partial charge in [-0.25, -0.2) is 14.4 Å². The predicted octanol–water partition coefficient (Wildman–Crippen LogP) is 4.49. The Bertz CT molecular complexity index is 1290. The number of carbonyl (C=O) groups is 1. The molecule has 6 nitrogen and oxygen atoms in total. The van der Waals surface area contributed by atoms with Gasteiger partial charge in [0.15, 0.2) is 10.8 Å². The summed E-state index contributed by atoms with van der Waals surface area (Å²) >= 11 is 1.22. The molecule has 0 saturated carbocycles. The zero-order valence-electron chi connectivity index (χ0n) is 17.4. The number of amides is 1. The molecule has 8 heteroatoms. The summed E-state index contributed by atoms with van der Waals surface area (Å²) in [5, 5.41) is 3.15. The quantitative estimate of drug-likeness (QED) is 0.333. The number of rotatable bonds is 7. The van der Waals surface area contributed by atoms with Crippen LogP contribution in [0, 0.1) is 5.82 Å². The zero-order valence-corrected chi connectivity index (χ0v) is 18.2. The number of benzene rings is 2. The van der Waals surface area contributed by atoms with Crippen LogP contribution in [0.2, 0.25) is 0 Å². The highest BCUT2D eigenvalue weighted by molar-refractivity contribution is 8.00. The average Bonchev–Trinajstić information content (AvgIpc) is 2.82. The maximum Gasteiger partial charge on any atom is 0.263 e. The highest BCUT2D eigenvalue weighted by Crippen LogP contribution is 2.26. The molecule has 0 radical (unpaired) electrons. The topological polar surface area (TPSA) is 76.9 Å². The van der Waals surface area contributed by atoms with E-state index in [1.165, 1.54) is 36.0 Å².